The standard InChI is InChI=1S/C17H21N3S/c1-4-21-15-7-5-6-14(16(15)17(18)19)20(3)13-10-8-12(2)9-11-13/h5-11H,4H2,1-3H3,(H3,18,19). The van der Waals surface area contributed by atoms with Crippen molar-refractivity contribution in [3.05, 3.63) is 53.6 Å². The number of amidine groups is 1. The number of aryl methyl sites for hydroxylation is 1. The number of rotatable bonds is 5. The fourth-order valence-corrected chi connectivity index (χ4v) is 3.10. The van der Waals surface area contributed by atoms with Crippen LogP contribution in [0, 0.1) is 12.3 Å². The Hall–Kier alpha value is -1.94. The summed E-state index contributed by atoms with van der Waals surface area (Å²) in [7, 11) is 2.01. The topological polar surface area (TPSA) is 53.1 Å². The molecule has 0 spiro atoms. The predicted octanol–water partition coefficient (Wildman–Crippen LogP) is 4.16. The van der Waals surface area contributed by atoms with Gasteiger partial charge in [0.25, 0.3) is 0 Å². The van der Waals surface area contributed by atoms with E-state index in [1.807, 2.05) is 25.2 Å². The van der Waals surface area contributed by atoms with Gasteiger partial charge in [-0.05, 0) is 36.9 Å². The second-order valence-corrected chi connectivity index (χ2v) is 6.20. The Kier molecular flexibility index (Phi) is 4.91. The number of thioether (sulfide) groups is 1. The van der Waals surface area contributed by atoms with E-state index in [-0.39, 0.29) is 5.84 Å². The molecule has 21 heavy (non-hydrogen) atoms. The quantitative estimate of drug-likeness (QED) is 0.495. The molecule has 0 aliphatic rings. The van der Waals surface area contributed by atoms with Gasteiger partial charge in [-0.1, -0.05) is 30.7 Å². The third-order valence-corrected chi connectivity index (χ3v) is 4.30. The molecule has 0 aromatic heterocycles. The molecule has 0 fully saturated rings. The molecule has 3 N–H and O–H groups in total. The third-order valence-electron chi connectivity index (χ3n) is 3.36. The molecule has 0 aliphatic heterocycles. The first-order valence-electron chi connectivity index (χ1n) is 6.95. The summed E-state index contributed by atoms with van der Waals surface area (Å²) in [5.41, 5.74) is 9.92. The lowest BCUT2D eigenvalue weighted by Gasteiger charge is -2.24. The van der Waals surface area contributed by atoms with Crippen LogP contribution in [0.15, 0.2) is 47.4 Å². The summed E-state index contributed by atoms with van der Waals surface area (Å²) in [6, 6.07) is 14.4. The monoisotopic (exact) mass is 299 g/mol. The normalized spacial score (nSPS) is 10.4. The Morgan fingerprint density at radius 1 is 1.19 bits per heavy atom. The van der Waals surface area contributed by atoms with Crippen molar-refractivity contribution in [1.29, 1.82) is 5.41 Å². The van der Waals surface area contributed by atoms with E-state index < -0.39 is 0 Å². The highest BCUT2D eigenvalue weighted by atomic mass is 32.2. The molecular weight excluding hydrogens is 278 g/mol. The van der Waals surface area contributed by atoms with Gasteiger partial charge < -0.3 is 10.6 Å². The highest BCUT2D eigenvalue weighted by molar-refractivity contribution is 7.99. The van der Waals surface area contributed by atoms with E-state index in [4.69, 9.17) is 11.1 Å². The first-order chi connectivity index (χ1) is 10.0. The Morgan fingerprint density at radius 2 is 1.86 bits per heavy atom. The van der Waals surface area contributed by atoms with Crippen LogP contribution >= 0.6 is 11.8 Å². The molecule has 0 heterocycles. The molecule has 0 unspecified atom stereocenters. The Morgan fingerprint density at radius 3 is 2.43 bits per heavy atom. The lowest BCUT2D eigenvalue weighted by molar-refractivity contribution is 1.17. The molecule has 3 nitrogen and oxygen atoms in total. The smallest absolute Gasteiger partial charge is 0.126 e. The lowest BCUT2D eigenvalue weighted by atomic mass is 10.1. The van der Waals surface area contributed by atoms with Crippen molar-refractivity contribution in [1.82, 2.24) is 0 Å². The van der Waals surface area contributed by atoms with Crippen molar-refractivity contribution in [2.75, 3.05) is 17.7 Å². The SMILES string of the molecule is CCSc1cccc(N(C)c2ccc(C)cc2)c1C(=N)N. The number of nitrogens with two attached hydrogens (primary N) is 1. The van der Waals surface area contributed by atoms with Gasteiger partial charge in [0.1, 0.15) is 5.84 Å². The maximum absolute atomic E-state index is 7.92. The van der Waals surface area contributed by atoms with Gasteiger partial charge in [-0.25, -0.2) is 0 Å². The number of benzene rings is 2. The van der Waals surface area contributed by atoms with Crippen LogP contribution in [-0.4, -0.2) is 18.6 Å². The summed E-state index contributed by atoms with van der Waals surface area (Å²) in [6.45, 7) is 4.17. The Bertz CT molecular complexity index is 635. The minimum Gasteiger partial charge on any atom is -0.384 e. The maximum Gasteiger partial charge on any atom is 0.126 e. The largest absolute Gasteiger partial charge is 0.384 e. The molecule has 2 aromatic rings. The number of hydrogen-bond acceptors (Lipinski definition) is 3. The first kappa shape index (κ1) is 15.4. The highest BCUT2D eigenvalue weighted by Crippen LogP contribution is 2.33. The van der Waals surface area contributed by atoms with Gasteiger partial charge >= 0.3 is 0 Å². The average molecular weight is 299 g/mol. The van der Waals surface area contributed by atoms with Crippen molar-refractivity contribution >= 4 is 29.0 Å². The molecule has 0 aliphatic carbocycles. The van der Waals surface area contributed by atoms with Gasteiger partial charge in [-0.15, -0.1) is 11.8 Å². The van der Waals surface area contributed by atoms with Crippen LogP contribution in [0.2, 0.25) is 0 Å². The lowest BCUT2D eigenvalue weighted by Crippen LogP contribution is -2.19. The van der Waals surface area contributed by atoms with Crippen LogP contribution in [0.1, 0.15) is 18.1 Å². The molecule has 4 heteroatoms. The number of nitrogens with one attached hydrogen (secondary N) is 1. The molecule has 0 bridgehead atoms. The summed E-state index contributed by atoms with van der Waals surface area (Å²) < 4.78 is 0. The minimum absolute atomic E-state index is 0.112. The van der Waals surface area contributed by atoms with Gasteiger partial charge in [0.15, 0.2) is 0 Å². The van der Waals surface area contributed by atoms with E-state index in [1.54, 1.807) is 11.8 Å². The average Bonchev–Trinajstić information content (AvgIpc) is 2.47. The molecular formula is C17H21N3S. The first-order valence-corrected chi connectivity index (χ1v) is 7.93. The zero-order valence-corrected chi connectivity index (χ0v) is 13.5. The van der Waals surface area contributed by atoms with Gasteiger partial charge in [0.05, 0.1) is 11.3 Å². The number of nitrogens with zero attached hydrogens (tertiary/aromatic N) is 1. The van der Waals surface area contributed by atoms with E-state index in [0.717, 1.165) is 27.6 Å². The van der Waals surface area contributed by atoms with Crippen molar-refractivity contribution in [3.8, 4) is 0 Å². The van der Waals surface area contributed by atoms with Gasteiger partial charge in [-0.2, -0.15) is 0 Å². The van der Waals surface area contributed by atoms with E-state index in [9.17, 15) is 0 Å². The van der Waals surface area contributed by atoms with Crippen LogP contribution < -0.4 is 10.6 Å². The molecule has 0 amide bonds. The van der Waals surface area contributed by atoms with Crippen LogP contribution in [0.25, 0.3) is 0 Å². The maximum atomic E-state index is 7.92. The van der Waals surface area contributed by atoms with Crippen LogP contribution in [0.3, 0.4) is 0 Å². The Labute approximate surface area is 130 Å². The van der Waals surface area contributed by atoms with Crippen molar-refractivity contribution in [2.45, 2.75) is 18.7 Å². The summed E-state index contributed by atoms with van der Waals surface area (Å²) in [5.74, 6) is 1.07. The molecule has 2 aromatic carbocycles. The third kappa shape index (κ3) is 3.39. The summed E-state index contributed by atoms with van der Waals surface area (Å²) in [5, 5.41) is 7.92. The van der Waals surface area contributed by atoms with E-state index in [2.05, 4.69) is 43.0 Å². The summed E-state index contributed by atoms with van der Waals surface area (Å²) in [4.78, 5) is 3.14. The van der Waals surface area contributed by atoms with E-state index in [0.29, 0.717) is 0 Å². The number of hydrogen-bond donors (Lipinski definition) is 2. The van der Waals surface area contributed by atoms with E-state index >= 15 is 0 Å². The van der Waals surface area contributed by atoms with Crippen molar-refractivity contribution < 1.29 is 0 Å². The minimum atomic E-state index is 0.112. The van der Waals surface area contributed by atoms with E-state index in [1.165, 1.54) is 5.56 Å². The second kappa shape index (κ2) is 6.68. The molecule has 110 valence electrons. The van der Waals surface area contributed by atoms with Crippen LogP contribution in [0.5, 0.6) is 0 Å². The molecule has 2 rings (SSSR count). The molecule has 0 atom stereocenters. The Balaban J connectivity index is 2.49. The zero-order valence-electron chi connectivity index (χ0n) is 12.7. The molecule has 0 radical (unpaired) electrons. The van der Waals surface area contributed by atoms with Crippen molar-refractivity contribution in [3.63, 3.8) is 0 Å². The summed E-state index contributed by atoms with van der Waals surface area (Å²) in [6.07, 6.45) is 0. The van der Waals surface area contributed by atoms with Crippen molar-refractivity contribution in [2.24, 2.45) is 5.73 Å². The zero-order chi connectivity index (χ0) is 15.4. The molecule has 0 saturated heterocycles. The number of nitrogen functional groups attached to an aromatic ring is 1. The fourth-order valence-electron chi connectivity index (χ4n) is 2.25. The highest BCUT2D eigenvalue weighted by Gasteiger charge is 2.15. The fraction of sp³-hybridized carbons (Fsp3) is 0.235. The predicted molar refractivity (Wildman–Crippen MR) is 93.1 cm³/mol. The second-order valence-electron chi connectivity index (χ2n) is 4.89. The van der Waals surface area contributed by atoms with Crippen LogP contribution in [-0.2, 0) is 0 Å². The van der Waals surface area contributed by atoms with Gasteiger partial charge in [-0.3, -0.25) is 5.41 Å². The summed E-state index contributed by atoms with van der Waals surface area (Å²) >= 11 is 1.71. The van der Waals surface area contributed by atoms with Gasteiger partial charge in [0, 0.05) is 17.6 Å². The van der Waals surface area contributed by atoms with Crippen LogP contribution in [0.4, 0.5) is 11.4 Å². The molecule has 0 saturated carbocycles. The number of anilines is 2. The van der Waals surface area contributed by atoms with Gasteiger partial charge in [0.2, 0.25) is 0 Å².